The second-order valence-corrected chi connectivity index (χ2v) is 4.18. The lowest BCUT2D eigenvalue weighted by molar-refractivity contribution is -0.118. The highest BCUT2D eigenvalue weighted by Crippen LogP contribution is 2.16. The standard InChI is InChI=1S/C15H20F3N/c1-5-7-13(4)14(6-2)9-8-12(3)10-19-11-15(16,17)18/h6,8-10H,2,4-5,7,11H2,1,3H3/b12-8+,14-9+,19-10?. The highest BCUT2D eigenvalue weighted by Gasteiger charge is 2.25. The largest absolute Gasteiger partial charge is 0.407 e. The van der Waals surface area contributed by atoms with Gasteiger partial charge in [-0.15, -0.1) is 0 Å². The van der Waals surface area contributed by atoms with E-state index in [0.717, 1.165) is 24.0 Å². The van der Waals surface area contributed by atoms with Gasteiger partial charge in [0.2, 0.25) is 0 Å². The number of rotatable bonds is 7. The Hall–Kier alpha value is -1.58. The lowest BCUT2D eigenvalue weighted by Crippen LogP contribution is -2.11. The fraction of sp³-hybridized carbons (Fsp3) is 0.400. The highest BCUT2D eigenvalue weighted by atomic mass is 19.4. The Morgan fingerprint density at radius 1 is 1.26 bits per heavy atom. The van der Waals surface area contributed by atoms with Crippen molar-refractivity contribution in [3.05, 3.63) is 48.1 Å². The molecule has 0 aliphatic rings. The molecule has 0 saturated heterocycles. The molecule has 0 aliphatic carbocycles. The van der Waals surface area contributed by atoms with E-state index >= 15 is 0 Å². The van der Waals surface area contributed by atoms with Gasteiger partial charge in [0.25, 0.3) is 0 Å². The maximum absolute atomic E-state index is 11.9. The van der Waals surface area contributed by atoms with Crippen molar-refractivity contribution in [2.24, 2.45) is 4.99 Å². The molecule has 0 aliphatic heterocycles. The first-order chi connectivity index (χ1) is 8.80. The minimum Gasteiger partial charge on any atom is -0.283 e. The van der Waals surface area contributed by atoms with Crippen LogP contribution in [0.15, 0.2) is 53.1 Å². The maximum Gasteiger partial charge on any atom is 0.407 e. The van der Waals surface area contributed by atoms with Crippen LogP contribution in [0.3, 0.4) is 0 Å². The summed E-state index contributed by atoms with van der Waals surface area (Å²) in [6.45, 7) is 10.2. The summed E-state index contributed by atoms with van der Waals surface area (Å²) in [6.07, 6.45) is 4.00. The molecule has 19 heavy (non-hydrogen) atoms. The van der Waals surface area contributed by atoms with E-state index < -0.39 is 12.7 Å². The van der Waals surface area contributed by atoms with Gasteiger partial charge in [-0.25, -0.2) is 0 Å². The van der Waals surface area contributed by atoms with E-state index in [4.69, 9.17) is 0 Å². The van der Waals surface area contributed by atoms with E-state index in [-0.39, 0.29) is 0 Å². The lowest BCUT2D eigenvalue weighted by atomic mass is 10.0. The summed E-state index contributed by atoms with van der Waals surface area (Å²) in [7, 11) is 0. The molecule has 0 rings (SSSR count). The van der Waals surface area contributed by atoms with Gasteiger partial charge in [0.15, 0.2) is 0 Å². The van der Waals surface area contributed by atoms with Gasteiger partial charge in [-0.05, 0) is 30.1 Å². The molecule has 0 radical (unpaired) electrons. The quantitative estimate of drug-likeness (QED) is 0.454. The van der Waals surface area contributed by atoms with Crippen LogP contribution in [0.1, 0.15) is 26.7 Å². The fourth-order valence-electron chi connectivity index (χ4n) is 1.33. The van der Waals surface area contributed by atoms with Crippen LogP contribution in [0.5, 0.6) is 0 Å². The smallest absolute Gasteiger partial charge is 0.283 e. The first kappa shape index (κ1) is 17.4. The zero-order chi connectivity index (χ0) is 14.9. The molecule has 1 nitrogen and oxygen atoms in total. The molecule has 0 aromatic heterocycles. The highest BCUT2D eigenvalue weighted by molar-refractivity contribution is 5.78. The van der Waals surface area contributed by atoms with Gasteiger partial charge in [0, 0.05) is 6.21 Å². The number of hydrogen-bond donors (Lipinski definition) is 0. The molecule has 0 heterocycles. The third-order valence-corrected chi connectivity index (χ3v) is 2.27. The predicted molar refractivity (Wildman–Crippen MR) is 75.5 cm³/mol. The molecule has 0 spiro atoms. The second kappa shape index (κ2) is 8.51. The predicted octanol–water partition coefficient (Wildman–Crippen LogP) is 5.03. The lowest BCUT2D eigenvalue weighted by Gasteiger charge is -2.03. The minimum absolute atomic E-state index is 0.646. The summed E-state index contributed by atoms with van der Waals surface area (Å²) in [5, 5.41) is 0. The number of aliphatic imine (C=N–C) groups is 1. The first-order valence-corrected chi connectivity index (χ1v) is 6.06. The monoisotopic (exact) mass is 271 g/mol. The summed E-state index contributed by atoms with van der Waals surface area (Å²) in [4.78, 5) is 3.33. The average Bonchev–Trinajstić information content (AvgIpc) is 2.28. The van der Waals surface area contributed by atoms with E-state index in [1.165, 1.54) is 6.21 Å². The molecule has 0 fully saturated rings. The van der Waals surface area contributed by atoms with E-state index in [2.05, 4.69) is 25.1 Å². The number of nitrogens with zero attached hydrogens (tertiary/aromatic N) is 1. The Morgan fingerprint density at radius 2 is 1.89 bits per heavy atom. The number of allylic oxidation sites excluding steroid dienone is 6. The van der Waals surface area contributed by atoms with Crippen molar-refractivity contribution in [1.29, 1.82) is 0 Å². The van der Waals surface area contributed by atoms with Gasteiger partial charge in [-0.2, -0.15) is 13.2 Å². The van der Waals surface area contributed by atoms with Crippen LogP contribution < -0.4 is 0 Å². The zero-order valence-corrected chi connectivity index (χ0v) is 11.4. The zero-order valence-electron chi connectivity index (χ0n) is 11.4. The molecule has 0 atom stereocenters. The average molecular weight is 271 g/mol. The van der Waals surface area contributed by atoms with Gasteiger partial charge in [0.1, 0.15) is 6.54 Å². The van der Waals surface area contributed by atoms with Gasteiger partial charge in [-0.3, -0.25) is 4.99 Å². The summed E-state index contributed by atoms with van der Waals surface area (Å²) < 4.78 is 35.7. The van der Waals surface area contributed by atoms with Crippen LogP contribution in [-0.2, 0) is 0 Å². The van der Waals surface area contributed by atoms with E-state index in [1.54, 1.807) is 25.2 Å². The van der Waals surface area contributed by atoms with Crippen LogP contribution in [0.2, 0.25) is 0 Å². The second-order valence-electron chi connectivity index (χ2n) is 4.18. The summed E-state index contributed by atoms with van der Waals surface area (Å²) in [6, 6.07) is 0. The molecular formula is C15H20F3N. The Balaban J connectivity index is 4.66. The molecule has 0 aromatic carbocycles. The van der Waals surface area contributed by atoms with Crippen LogP contribution >= 0.6 is 0 Å². The molecule has 106 valence electrons. The van der Waals surface area contributed by atoms with Crippen LogP contribution in [0.25, 0.3) is 0 Å². The Kier molecular flexibility index (Phi) is 7.80. The molecule has 0 bridgehead atoms. The third-order valence-electron chi connectivity index (χ3n) is 2.27. The van der Waals surface area contributed by atoms with E-state index in [1.807, 2.05) is 0 Å². The number of hydrogen-bond acceptors (Lipinski definition) is 1. The fourth-order valence-corrected chi connectivity index (χ4v) is 1.33. The Bertz CT molecular complexity index is 398. The van der Waals surface area contributed by atoms with Gasteiger partial charge in [-0.1, -0.05) is 44.7 Å². The Morgan fingerprint density at radius 3 is 2.37 bits per heavy atom. The van der Waals surface area contributed by atoms with Crippen molar-refractivity contribution in [3.63, 3.8) is 0 Å². The molecule has 4 heteroatoms. The molecule has 0 N–H and O–H groups in total. The molecular weight excluding hydrogens is 251 g/mol. The van der Waals surface area contributed by atoms with Crippen molar-refractivity contribution >= 4 is 6.21 Å². The molecule has 0 unspecified atom stereocenters. The van der Waals surface area contributed by atoms with Gasteiger partial charge in [0.05, 0.1) is 0 Å². The minimum atomic E-state index is -4.26. The number of alkyl halides is 3. The van der Waals surface area contributed by atoms with Crippen LogP contribution in [0.4, 0.5) is 13.2 Å². The van der Waals surface area contributed by atoms with E-state index in [9.17, 15) is 13.2 Å². The number of halogens is 3. The topological polar surface area (TPSA) is 12.4 Å². The summed E-state index contributed by atoms with van der Waals surface area (Å²) in [5.74, 6) is 0. The Labute approximate surface area is 112 Å². The van der Waals surface area contributed by atoms with Crippen LogP contribution in [-0.4, -0.2) is 18.9 Å². The van der Waals surface area contributed by atoms with Crippen molar-refractivity contribution < 1.29 is 13.2 Å². The van der Waals surface area contributed by atoms with Gasteiger partial charge >= 0.3 is 6.18 Å². The third kappa shape index (κ3) is 9.05. The van der Waals surface area contributed by atoms with Gasteiger partial charge < -0.3 is 0 Å². The molecule has 0 saturated carbocycles. The van der Waals surface area contributed by atoms with Crippen molar-refractivity contribution in [2.75, 3.05) is 6.54 Å². The first-order valence-electron chi connectivity index (χ1n) is 6.06. The van der Waals surface area contributed by atoms with Crippen molar-refractivity contribution in [1.82, 2.24) is 0 Å². The van der Waals surface area contributed by atoms with Crippen LogP contribution in [0, 0.1) is 0 Å². The molecule has 0 amide bonds. The van der Waals surface area contributed by atoms with Crippen molar-refractivity contribution in [2.45, 2.75) is 32.9 Å². The summed E-state index contributed by atoms with van der Waals surface area (Å²) >= 11 is 0. The summed E-state index contributed by atoms with van der Waals surface area (Å²) in [5.41, 5.74) is 2.51. The van der Waals surface area contributed by atoms with Crippen molar-refractivity contribution in [3.8, 4) is 0 Å². The molecule has 0 aromatic rings. The SMILES string of the molecule is C=C/C(=C\C=C(/C)C=NCC(F)(F)F)C(=C)CCC. The normalized spacial score (nSPS) is 13.9. The maximum atomic E-state index is 11.9. The van der Waals surface area contributed by atoms with E-state index in [0.29, 0.717) is 5.57 Å².